The molecule has 0 aromatic carbocycles. The van der Waals surface area contributed by atoms with Crippen molar-refractivity contribution in [3.8, 4) is 0 Å². The van der Waals surface area contributed by atoms with Gasteiger partial charge in [-0.05, 0) is 19.8 Å². The van der Waals surface area contributed by atoms with Crippen molar-refractivity contribution in [3.63, 3.8) is 0 Å². The van der Waals surface area contributed by atoms with Crippen LogP contribution in [-0.2, 0) is 9.05 Å². The summed E-state index contributed by atoms with van der Waals surface area (Å²) in [6.45, 7) is 1.51. The van der Waals surface area contributed by atoms with Crippen LogP contribution in [0.3, 0.4) is 0 Å². The molecule has 0 atom stereocenters. The van der Waals surface area contributed by atoms with E-state index < -0.39 is 15.0 Å². The maximum absolute atomic E-state index is 12.0. The molecule has 1 saturated carbocycles. The number of halogens is 1. The Morgan fingerprint density at radius 1 is 1.44 bits per heavy atom. The summed E-state index contributed by atoms with van der Waals surface area (Å²) in [7, 11) is 1.32. The summed E-state index contributed by atoms with van der Waals surface area (Å²) < 4.78 is 22.8. The fourth-order valence-electron chi connectivity index (χ4n) is 2.20. The maximum Gasteiger partial charge on any atom is 0.273 e. The Kier molecular flexibility index (Phi) is 3.63. The molecule has 0 spiro atoms. The van der Waals surface area contributed by atoms with Crippen molar-refractivity contribution in [1.29, 1.82) is 0 Å². The Balaban J connectivity index is 2.25. The van der Waals surface area contributed by atoms with Crippen LogP contribution in [0.2, 0.25) is 0 Å². The highest BCUT2D eigenvalue weighted by molar-refractivity contribution is 8.13. The monoisotopic (exact) mass is 291 g/mol. The van der Waals surface area contributed by atoms with Gasteiger partial charge in [0.2, 0.25) is 0 Å². The highest BCUT2D eigenvalue weighted by atomic mass is 35.7. The minimum Gasteiger partial charge on any atom is -0.348 e. The third-order valence-corrected chi connectivity index (χ3v) is 4.49. The zero-order valence-electron chi connectivity index (χ0n) is 9.86. The zero-order valence-corrected chi connectivity index (χ0v) is 11.4. The molecule has 1 aromatic rings. The second-order valence-corrected chi connectivity index (χ2v) is 6.92. The van der Waals surface area contributed by atoms with Gasteiger partial charge in [-0.3, -0.25) is 9.89 Å². The first-order valence-corrected chi connectivity index (χ1v) is 8.01. The van der Waals surface area contributed by atoms with E-state index in [9.17, 15) is 13.2 Å². The van der Waals surface area contributed by atoms with E-state index in [1.54, 1.807) is 0 Å². The van der Waals surface area contributed by atoms with Crippen molar-refractivity contribution in [2.75, 3.05) is 0 Å². The molecule has 0 unspecified atom stereocenters. The van der Waals surface area contributed by atoms with E-state index in [0.29, 0.717) is 0 Å². The number of aryl methyl sites for hydroxylation is 1. The number of aromatic amines is 1. The number of aromatic nitrogens is 2. The lowest BCUT2D eigenvalue weighted by Crippen LogP contribution is -2.33. The van der Waals surface area contributed by atoms with E-state index in [2.05, 4.69) is 15.5 Å². The predicted molar refractivity (Wildman–Crippen MR) is 66.1 cm³/mol. The van der Waals surface area contributed by atoms with Gasteiger partial charge in [0.15, 0.2) is 5.69 Å². The van der Waals surface area contributed by atoms with E-state index in [1.165, 1.54) is 6.92 Å². The molecule has 2 N–H and O–H groups in total. The normalized spacial score (nSPS) is 17.0. The Bertz CT molecular complexity index is 561. The molecule has 1 aliphatic carbocycles. The number of hydrogen-bond acceptors (Lipinski definition) is 4. The Hall–Kier alpha value is -1.08. The third kappa shape index (κ3) is 2.67. The molecule has 8 heteroatoms. The molecule has 1 aromatic heterocycles. The summed E-state index contributed by atoms with van der Waals surface area (Å²) in [4.78, 5) is 11.7. The van der Waals surface area contributed by atoms with Crippen molar-refractivity contribution in [2.45, 2.75) is 43.5 Å². The van der Waals surface area contributed by atoms with Crippen LogP contribution in [0.1, 0.15) is 41.9 Å². The topological polar surface area (TPSA) is 91.9 Å². The third-order valence-electron chi connectivity index (χ3n) is 3.04. The van der Waals surface area contributed by atoms with Gasteiger partial charge < -0.3 is 5.32 Å². The van der Waals surface area contributed by atoms with Crippen LogP contribution >= 0.6 is 10.7 Å². The molecule has 0 radical (unpaired) electrons. The molecule has 1 fully saturated rings. The second-order valence-electron chi connectivity index (χ2n) is 4.42. The second kappa shape index (κ2) is 4.89. The highest BCUT2D eigenvalue weighted by Gasteiger charge is 2.28. The van der Waals surface area contributed by atoms with Gasteiger partial charge in [-0.25, -0.2) is 8.42 Å². The van der Waals surface area contributed by atoms with E-state index in [1.807, 2.05) is 0 Å². The molecular formula is C10H14ClN3O3S. The number of H-pyrrole nitrogens is 1. The smallest absolute Gasteiger partial charge is 0.273 e. The summed E-state index contributed by atoms with van der Waals surface area (Å²) in [5, 5.41) is 8.98. The van der Waals surface area contributed by atoms with Crippen LogP contribution < -0.4 is 5.32 Å². The highest BCUT2D eigenvalue weighted by Crippen LogP contribution is 2.23. The lowest BCUT2D eigenvalue weighted by molar-refractivity contribution is 0.0929. The molecular weight excluding hydrogens is 278 g/mol. The number of rotatable bonds is 3. The molecule has 1 aliphatic rings. The lowest BCUT2D eigenvalue weighted by Gasteiger charge is -2.10. The molecule has 2 rings (SSSR count). The Morgan fingerprint density at radius 3 is 2.61 bits per heavy atom. The minimum atomic E-state index is -3.98. The van der Waals surface area contributed by atoms with Crippen molar-refractivity contribution in [1.82, 2.24) is 15.5 Å². The average molecular weight is 292 g/mol. The van der Waals surface area contributed by atoms with Gasteiger partial charge in [0.25, 0.3) is 15.0 Å². The van der Waals surface area contributed by atoms with Gasteiger partial charge in [-0.1, -0.05) is 12.8 Å². The predicted octanol–water partition coefficient (Wildman–Crippen LogP) is 1.32. The molecule has 6 nitrogen and oxygen atoms in total. The molecule has 18 heavy (non-hydrogen) atoms. The van der Waals surface area contributed by atoms with Crippen molar-refractivity contribution in [2.24, 2.45) is 0 Å². The first-order chi connectivity index (χ1) is 8.39. The fourth-order valence-corrected chi connectivity index (χ4v) is 3.54. The molecule has 1 amide bonds. The summed E-state index contributed by atoms with van der Waals surface area (Å²) in [5.74, 6) is -0.495. The van der Waals surface area contributed by atoms with Crippen molar-refractivity contribution >= 4 is 25.6 Å². The van der Waals surface area contributed by atoms with Crippen LogP contribution in [0, 0.1) is 6.92 Å². The number of nitrogens with zero attached hydrogens (tertiary/aromatic N) is 1. The van der Waals surface area contributed by atoms with Crippen LogP contribution in [0.5, 0.6) is 0 Å². The molecule has 0 saturated heterocycles. The SMILES string of the molecule is Cc1[nH]nc(C(=O)NC2CCCC2)c1S(=O)(=O)Cl. The number of nitrogens with one attached hydrogen (secondary N) is 2. The van der Waals surface area contributed by atoms with Crippen molar-refractivity contribution in [3.05, 3.63) is 11.4 Å². The quantitative estimate of drug-likeness (QED) is 0.822. The van der Waals surface area contributed by atoms with Gasteiger partial charge in [0, 0.05) is 16.7 Å². The fraction of sp³-hybridized carbons (Fsp3) is 0.600. The summed E-state index contributed by atoms with van der Waals surface area (Å²) >= 11 is 0. The molecule has 0 aliphatic heterocycles. The largest absolute Gasteiger partial charge is 0.348 e. The van der Waals surface area contributed by atoms with Crippen LogP contribution in [0.4, 0.5) is 0 Å². The average Bonchev–Trinajstić information content (AvgIpc) is 2.85. The first-order valence-electron chi connectivity index (χ1n) is 5.70. The summed E-state index contributed by atoms with van der Waals surface area (Å²) in [5.41, 5.74) is 0.107. The number of carbonyl (C=O) groups excluding carboxylic acids is 1. The van der Waals surface area contributed by atoms with E-state index in [-0.39, 0.29) is 22.3 Å². The minimum absolute atomic E-state index is 0.0976. The van der Waals surface area contributed by atoms with Crippen LogP contribution in [0.25, 0.3) is 0 Å². The lowest BCUT2D eigenvalue weighted by atomic mass is 10.2. The summed E-state index contributed by atoms with van der Waals surface area (Å²) in [6, 6.07) is 0.0976. The van der Waals surface area contributed by atoms with E-state index in [4.69, 9.17) is 10.7 Å². The number of hydrogen-bond donors (Lipinski definition) is 2. The van der Waals surface area contributed by atoms with Gasteiger partial charge >= 0.3 is 0 Å². The Labute approximate surface area is 110 Å². The first kappa shape index (κ1) is 13.4. The van der Waals surface area contributed by atoms with Gasteiger partial charge in [0.1, 0.15) is 4.90 Å². The van der Waals surface area contributed by atoms with E-state index in [0.717, 1.165) is 25.7 Å². The van der Waals surface area contributed by atoms with Gasteiger partial charge in [0.05, 0.1) is 5.69 Å². The molecule has 0 bridgehead atoms. The summed E-state index contributed by atoms with van der Waals surface area (Å²) in [6.07, 6.45) is 3.98. The zero-order chi connectivity index (χ0) is 13.3. The van der Waals surface area contributed by atoms with Crippen LogP contribution in [0.15, 0.2) is 4.90 Å². The van der Waals surface area contributed by atoms with Crippen LogP contribution in [-0.4, -0.2) is 30.6 Å². The van der Waals surface area contributed by atoms with Gasteiger partial charge in [-0.15, -0.1) is 0 Å². The van der Waals surface area contributed by atoms with Gasteiger partial charge in [-0.2, -0.15) is 5.10 Å². The Morgan fingerprint density at radius 2 is 2.06 bits per heavy atom. The number of carbonyl (C=O) groups is 1. The standard InChI is InChI=1S/C10H14ClN3O3S/c1-6-9(18(11,16)17)8(14-13-6)10(15)12-7-4-2-3-5-7/h7H,2-5H2,1H3,(H,12,15)(H,13,14). The maximum atomic E-state index is 12.0. The van der Waals surface area contributed by atoms with Crippen molar-refractivity contribution < 1.29 is 13.2 Å². The molecule has 1 heterocycles. The molecule has 100 valence electrons. The number of amides is 1. The van der Waals surface area contributed by atoms with E-state index >= 15 is 0 Å².